The lowest BCUT2D eigenvalue weighted by atomic mass is 9.74. The van der Waals surface area contributed by atoms with Crippen molar-refractivity contribution >= 4 is 11.9 Å². The molecule has 34 heavy (non-hydrogen) atoms. The summed E-state index contributed by atoms with van der Waals surface area (Å²) in [5.74, 6) is -0.516. The Morgan fingerprint density at radius 3 is 2.12 bits per heavy atom. The molecule has 1 saturated carbocycles. The van der Waals surface area contributed by atoms with Gasteiger partial charge in [0.15, 0.2) is 0 Å². The summed E-state index contributed by atoms with van der Waals surface area (Å²) >= 11 is 0. The normalized spacial score (nSPS) is 20.0. The van der Waals surface area contributed by atoms with Gasteiger partial charge in [-0.15, -0.1) is 0 Å². The van der Waals surface area contributed by atoms with Crippen LogP contribution in [-0.2, 0) is 16.9 Å². The first-order valence-corrected chi connectivity index (χ1v) is 11.8. The van der Waals surface area contributed by atoms with E-state index in [0.29, 0.717) is 16.7 Å². The van der Waals surface area contributed by atoms with Crippen LogP contribution < -0.4 is 5.32 Å². The second-order valence-electron chi connectivity index (χ2n) is 9.14. The van der Waals surface area contributed by atoms with Crippen LogP contribution in [0, 0.1) is 0 Å². The van der Waals surface area contributed by atoms with E-state index in [1.54, 1.807) is 30.3 Å². The molecule has 1 aliphatic carbocycles. The standard InChI is InChI=1S/C29H32N2O3/c1-31(2)29(24-14-7-4-8-15-24)19-17-25(18-20-29)30-27(32)26-16-10-9-13-23(26)21-34-28(33)22-11-5-3-6-12-22/h3-16,25H,17-21H2,1-2H3,(H,30,32). The molecule has 1 amide bonds. The Hall–Kier alpha value is -3.44. The van der Waals surface area contributed by atoms with E-state index in [2.05, 4.69) is 48.6 Å². The number of benzene rings is 3. The predicted molar refractivity (Wildman–Crippen MR) is 134 cm³/mol. The van der Waals surface area contributed by atoms with Crippen molar-refractivity contribution in [1.82, 2.24) is 10.2 Å². The monoisotopic (exact) mass is 456 g/mol. The van der Waals surface area contributed by atoms with Crippen molar-refractivity contribution in [3.63, 3.8) is 0 Å². The highest BCUT2D eigenvalue weighted by Crippen LogP contribution is 2.41. The second kappa shape index (κ2) is 10.7. The fourth-order valence-electron chi connectivity index (χ4n) is 4.91. The summed E-state index contributed by atoms with van der Waals surface area (Å²) in [6.07, 6.45) is 3.77. The molecule has 0 saturated heterocycles. The first kappa shape index (κ1) is 23.7. The van der Waals surface area contributed by atoms with Crippen molar-refractivity contribution in [2.24, 2.45) is 0 Å². The lowest BCUT2D eigenvalue weighted by Crippen LogP contribution is -2.48. The van der Waals surface area contributed by atoms with Crippen molar-refractivity contribution in [2.45, 2.75) is 43.9 Å². The third-order valence-electron chi connectivity index (χ3n) is 6.95. The van der Waals surface area contributed by atoms with Crippen LogP contribution in [0.15, 0.2) is 84.9 Å². The molecule has 0 unspecified atom stereocenters. The van der Waals surface area contributed by atoms with Gasteiger partial charge in [0.1, 0.15) is 6.61 Å². The lowest BCUT2D eigenvalue weighted by Gasteiger charge is -2.45. The Morgan fingerprint density at radius 2 is 1.47 bits per heavy atom. The molecule has 0 heterocycles. The topological polar surface area (TPSA) is 58.6 Å². The molecule has 1 N–H and O–H groups in total. The van der Waals surface area contributed by atoms with Gasteiger partial charge in [0.25, 0.3) is 5.91 Å². The maximum atomic E-state index is 13.2. The van der Waals surface area contributed by atoms with Crippen molar-refractivity contribution in [1.29, 1.82) is 0 Å². The first-order chi connectivity index (χ1) is 16.5. The van der Waals surface area contributed by atoms with Crippen LogP contribution in [0.4, 0.5) is 0 Å². The average molecular weight is 457 g/mol. The number of carbonyl (C=O) groups excluding carboxylic acids is 2. The molecule has 3 aromatic carbocycles. The molecule has 0 atom stereocenters. The Morgan fingerprint density at radius 1 is 0.882 bits per heavy atom. The number of hydrogen-bond donors (Lipinski definition) is 1. The molecule has 1 aliphatic rings. The van der Waals surface area contributed by atoms with Crippen LogP contribution in [0.1, 0.15) is 57.5 Å². The largest absolute Gasteiger partial charge is 0.457 e. The predicted octanol–water partition coefficient (Wildman–Crippen LogP) is 5.17. The highest BCUT2D eigenvalue weighted by Gasteiger charge is 2.39. The first-order valence-electron chi connectivity index (χ1n) is 11.8. The Kier molecular flexibility index (Phi) is 7.43. The maximum Gasteiger partial charge on any atom is 0.338 e. The van der Waals surface area contributed by atoms with E-state index in [1.165, 1.54) is 5.56 Å². The molecule has 5 nitrogen and oxygen atoms in total. The Bertz CT molecular complexity index is 1100. The molecule has 1 fully saturated rings. The molecule has 5 heteroatoms. The Balaban J connectivity index is 1.39. The summed E-state index contributed by atoms with van der Waals surface area (Å²) in [5.41, 5.74) is 3.07. The molecule has 0 aliphatic heterocycles. The van der Waals surface area contributed by atoms with Gasteiger partial charge in [-0.2, -0.15) is 0 Å². The lowest BCUT2D eigenvalue weighted by molar-refractivity contribution is 0.0469. The number of ether oxygens (including phenoxy) is 1. The van der Waals surface area contributed by atoms with Gasteiger partial charge in [-0.25, -0.2) is 4.79 Å². The summed E-state index contributed by atoms with van der Waals surface area (Å²) in [7, 11) is 4.28. The molecule has 3 aromatic rings. The van der Waals surface area contributed by atoms with E-state index in [0.717, 1.165) is 25.7 Å². The van der Waals surface area contributed by atoms with Crippen molar-refractivity contribution < 1.29 is 14.3 Å². The van der Waals surface area contributed by atoms with Crippen LogP contribution in [-0.4, -0.2) is 36.9 Å². The zero-order valence-electron chi connectivity index (χ0n) is 19.9. The number of rotatable bonds is 7. The van der Waals surface area contributed by atoms with Gasteiger partial charge in [0.05, 0.1) is 5.56 Å². The summed E-state index contributed by atoms with van der Waals surface area (Å²) in [4.78, 5) is 27.8. The minimum absolute atomic E-state index is 0.00790. The SMILES string of the molecule is CN(C)C1(c2ccccc2)CCC(NC(=O)c2ccccc2COC(=O)c2ccccc2)CC1. The summed E-state index contributed by atoms with van der Waals surface area (Å²) in [6.45, 7) is 0.0553. The van der Waals surface area contributed by atoms with Crippen molar-refractivity contribution in [2.75, 3.05) is 14.1 Å². The van der Waals surface area contributed by atoms with Gasteiger partial charge >= 0.3 is 5.97 Å². The minimum Gasteiger partial charge on any atom is -0.457 e. The quantitative estimate of drug-likeness (QED) is 0.498. The van der Waals surface area contributed by atoms with Gasteiger partial charge < -0.3 is 10.1 Å². The van der Waals surface area contributed by atoms with E-state index in [4.69, 9.17) is 4.74 Å². The fourth-order valence-corrected chi connectivity index (χ4v) is 4.91. The van der Waals surface area contributed by atoms with Crippen molar-refractivity contribution in [3.8, 4) is 0 Å². The molecule has 4 rings (SSSR count). The smallest absolute Gasteiger partial charge is 0.338 e. The molecule has 176 valence electrons. The summed E-state index contributed by atoms with van der Waals surface area (Å²) < 4.78 is 5.47. The van der Waals surface area contributed by atoms with Gasteiger partial charge in [-0.3, -0.25) is 9.69 Å². The Labute approximate surface area is 201 Å². The van der Waals surface area contributed by atoms with Gasteiger partial charge in [0, 0.05) is 22.7 Å². The van der Waals surface area contributed by atoms with Gasteiger partial charge in [0.2, 0.25) is 0 Å². The number of nitrogens with zero attached hydrogens (tertiary/aromatic N) is 1. The third-order valence-corrected chi connectivity index (χ3v) is 6.95. The number of amides is 1. The van der Waals surface area contributed by atoms with Gasteiger partial charge in [-0.1, -0.05) is 66.7 Å². The van der Waals surface area contributed by atoms with E-state index in [9.17, 15) is 9.59 Å². The second-order valence-corrected chi connectivity index (χ2v) is 9.14. The zero-order chi connectivity index (χ0) is 24.0. The fraction of sp³-hybridized carbons (Fsp3) is 0.310. The number of carbonyl (C=O) groups is 2. The van der Waals surface area contributed by atoms with E-state index < -0.39 is 5.97 Å². The highest BCUT2D eigenvalue weighted by molar-refractivity contribution is 5.96. The van der Waals surface area contributed by atoms with E-state index >= 15 is 0 Å². The number of esters is 1. The molecule has 0 spiro atoms. The minimum atomic E-state index is -0.399. The zero-order valence-corrected chi connectivity index (χ0v) is 19.9. The highest BCUT2D eigenvalue weighted by atomic mass is 16.5. The molecule has 0 aromatic heterocycles. The molecular weight excluding hydrogens is 424 g/mol. The average Bonchev–Trinajstić information content (AvgIpc) is 2.89. The molecular formula is C29H32N2O3. The number of nitrogens with one attached hydrogen (secondary N) is 1. The summed E-state index contributed by atoms with van der Waals surface area (Å²) in [6, 6.07) is 26.9. The van der Waals surface area contributed by atoms with Crippen LogP contribution >= 0.6 is 0 Å². The van der Waals surface area contributed by atoms with Crippen molar-refractivity contribution in [3.05, 3.63) is 107 Å². The van der Waals surface area contributed by atoms with Crippen LogP contribution in [0.25, 0.3) is 0 Å². The third kappa shape index (κ3) is 5.20. The summed E-state index contributed by atoms with van der Waals surface area (Å²) in [5, 5.41) is 3.23. The maximum absolute atomic E-state index is 13.2. The molecule has 0 radical (unpaired) electrons. The van der Waals surface area contributed by atoms with Crippen LogP contribution in [0.2, 0.25) is 0 Å². The van der Waals surface area contributed by atoms with Crippen LogP contribution in [0.3, 0.4) is 0 Å². The molecule has 0 bridgehead atoms. The number of hydrogen-bond acceptors (Lipinski definition) is 4. The van der Waals surface area contributed by atoms with Gasteiger partial charge in [-0.05, 0) is 63.5 Å². The van der Waals surface area contributed by atoms with E-state index in [1.807, 2.05) is 30.3 Å². The van der Waals surface area contributed by atoms with Crippen LogP contribution in [0.5, 0.6) is 0 Å². The van der Waals surface area contributed by atoms with E-state index in [-0.39, 0.29) is 24.1 Å².